The third-order valence-corrected chi connectivity index (χ3v) is 7.70. The molecule has 0 radical (unpaired) electrons. The molecule has 1 aliphatic rings. The summed E-state index contributed by atoms with van der Waals surface area (Å²) in [6, 6.07) is 18.3. The van der Waals surface area contributed by atoms with E-state index < -0.39 is 24.6 Å². The molecule has 0 aliphatic carbocycles. The van der Waals surface area contributed by atoms with E-state index >= 15 is 4.39 Å². The smallest absolute Gasteiger partial charge is 0.406 e. The Kier molecular flexibility index (Phi) is 9.00. The maximum absolute atomic E-state index is 15.3. The largest absolute Gasteiger partial charge is 0.573 e. The standard InChI is InChI=1S/C30H28F4N6O2S/c1-3-20-6-4-5-7-25(20)39-16-17-43-29(39)37-28(41)36-19(2)26(31)21-8-10-22(11-9-21)27-35-18-40(38-27)23-12-14-24(15-13-23)42-30(32,33)34/h4-15,18-19,26H,3,16-17H2,1-2H3,(H,36,41). The number of aryl methyl sites for hydroxylation is 1. The van der Waals surface area contributed by atoms with Gasteiger partial charge in [0.1, 0.15) is 18.2 Å². The fourth-order valence-corrected chi connectivity index (χ4v) is 5.55. The lowest BCUT2D eigenvalue weighted by molar-refractivity contribution is -0.274. The van der Waals surface area contributed by atoms with E-state index in [1.807, 2.05) is 23.1 Å². The van der Waals surface area contributed by atoms with Crippen LogP contribution < -0.4 is 15.0 Å². The van der Waals surface area contributed by atoms with E-state index in [2.05, 4.69) is 38.1 Å². The summed E-state index contributed by atoms with van der Waals surface area (Å²) in [7, 11) is 0. The monoisotopic (exact) mass is 612 g/mol. The number of amides is 2. The molecule has 1 saturated heterocycles. The van der Waals surface area contributed by atoms with Crippen molar-refractivity contribution in [1.29, 1.82) is 0 Å². The van der Waals surface area contributed by atoms with Crippen LogP contribution in [0, 0.1) is 0 Å². The highest BCUT2D eigenvalue weighted by Crippen LogP contribution is 2.30. The molecule has 3 aromatic carbocycles. The van der Waals surface area contributed by atoms with Crippen molar-refractivity contribution in [2.45, 2.75) is 38.8 Å². The van der Waals surface area contributed by atoms with Gasteiger partial charge in [0, 0.05) is 23.5 Å². The van der Waals surface area contributed by atoms with Crippen LogP contribution in [0.2, 0.25) is 0 Å². The number of alkyl halides is 4. The van der Waals surface area contributed by atoms with Gasteiger partial charge in [-0.2, -0.15) is 4.99 Å². The molecule has 2 heterocycles. The van der Waals surface area contributed by atoms with E-state index in [0.717, 1.165) is 30.0 Å². The van der Waals surface area contributed by atoms with Crippen molar-refractivity contribution in [3.05, 3.63) is 90.3 Å². The minimum atomic E-state index is -4.78. The molecule has 0 spiro atoms. The minimum Gasteiger partial charge on any atom is -0.406 e. The molecule has 2 atom stereocenters. The van der Waals surface area contributed by atoms with Gasteiger partial charge >= 0.3 is 12.4 Å². The average Bonchev–Trinajstić information content (AvgIpc) is 3.67. The summed E-state index contributed by atoms with van der Waals surface area (Å²) in [5.74, 6) is 0.801. The second-order valence-electron chi connectivity index (χ2n) is 9.69. The van der Waals surface area contributed by atoms with Crippen molar-refractivity contribution in [3.63, 3.8) is 0 Å². The van der Waals surface area contributed by atoms with Gasteiger partial charge in [-0.3, -0.25) is 0 Å². The number of amidine groups is 1. The summed E-state index contributed by atoms with van der Waals surface area (Å²) in [5, 5.41) is 7.60. The fraction of sp³-hybridized carbons (Fsp3) is 0.267. The average molecular weight is 613 g/mol. The molecule has 8 nitrogen and oxygen atoms in total. The topological polar surface area (TPSA) is 84.6 Å². The molecule has 1 aliphatic heterocycles. The number of nitrogens with one attached hydrogen (secondary N) is 1. The molecular weight excluding hydrogens is 584 g/mol. The van der Waals surface area contributed by atoms with Gasteiger partial charge < -0.3 is 15.0 Å². The third-order valence-electron chi connectivity index (χ3n) is 6.74. The number of hydrogen-bond donors (Lipinski definition) is 1. The van der Waals surface area contributed by atoms with Gasteiger partial charge in [-0.25, -0.2) is 18.9 Å². The zero-order valence-corrected chi connectivity index (χ0v) is 24.1. The lowest BCUT2D eigenvalue weighted by Gasteiger charge is -2.21. The number of benzene rings is 3. The van der Waals surface area contributed by atoms with Crippen molar-refractivity contribution in [2.75, 3.05) is 17.2 Å². The number of urea groups is 1. The second kappa shape index (κ2) is 12.9. The van der Waals surface area contributed by atoms with Crippen molar-refractivity contribution < 1.29 is 27.1 Å². The van der Waals surface area contributed by atoms with Crippen molar-refractivity contribution >= 4 is 28.6 Å². The number of ether oxygens (including phenoxy) is 1. The SMILES string of the molecule is CCc1ccccc1N1CCSC1=NC(=O)NC(C)C(F)c1ccc(-c2ncn(-c3ccc(OC(F)(F)F)cc3)n2)cc1. The first kappa shape index (κ1) is 30.1. The number of aromatic nitrogens is 3. The molecule has 0 saturated carbocycles. The highest BCUT2D eigenvalue weighted by molar-refractivity contribution is 8.14. The van der Waals surface area contributed by atoms with Crippen LogP contribution >= 0.6 is 11.8 Å². The number of carbonyl (C=O) groups is 1. The Bertz CT molecular complexity index is 1590. The van der Waals surface area contributed by atoms with Crippen LogP contribution in [-0.2, 0) is 6.42 Å². The predicted octanol–water partition coefficient (Wildman–Crippen LogP) is 7.11. The molecule has 2 amide bonds. The minimum absolute atomic E-state index is 0.344. The number of hydrogen-bond acceptors (Lipinski definition) is 5. The van der Waals surface area contributed by atoms with E-state index in [1.54, 1.807) is 31.2 Å². The molecule has 5 rings (SSSR count). The third kappa shape index (κ3) is 7.34. The number of para-hydroxylation sites is 1. The van der Waals surface area contributed by atoms with Crippen molar-refractivity contribution in [2.24, 2.45) is 4.99 Å². The summed E-state index contributed by atoms with van der Waals surface area (Å²) in [5.41, 5.74) is 3.63. The van der Waals surface area contributed by atoms with Gasteiger partial charge in [-0.05, 0) is 54.8 Å². The first-order chi connectivity index (χ1) is 20.6. The highest BCUT2D eigenvalue weighted by atomic mass is 32.2. The lowest BCUT2D eigenvalue weighted by atomic mass is 10.0. The van der Waals surface area contributed by atoms with E-state index in [9.17, 15) is 18.0 Å². The van der Waals surface area contributed by atoms with Gasteiger partial charge in [0.25, 0.3) is 0 Å². The zero-order valence-electron chi connectivity index (χ0n) is 23.3. The molecule has 0 bridgehead atoms. The molecule has 1 aromatic heterocycles. The highest BCUT2D eigenvalue weighted by Gasteiger charge is 2.31. The van der Waals surface area contributed by atoms with Crippen LogP contribution in [0.1, 0.15) is 31.1 Å². The van der Waals surface area contributed by atoms with Crippen LogP contribution in [0.4, 0.5) is 28.0 Å². The predicted molar refractivity (Wildman–Crippen MR) is 158 cm³/mol. The Morgan fingerprint density at radius 3 is 2.51 bits per heavy atom. The van der Waals surface area contributed by atoms with Crippen LogP contribution in [0.15, 0.2) is 84.1 Å². The Balaban J connectivity index is 1.21. The summed E-state index contributed by atoms with van der Waals surface area (Å²) in [4.78, 5) is 23.2. The molecule has 224 valence electrons. The number of halogens is 4. The van der Waals surface area contributed by atoms with E-state index in [-0.39, 0.29) is 5.75 Å². The number of nitrogens with zero attached hydrogens (tertiary/aromatic N) is 5. The van der Waals surface area contributed by atoms with Crippen LogP contribution in [-0.4, -0.2) is 50.7 Å². The maximum atomic E-state index is 15.3. The van der Waals surface area contributed by atoms with Gasteiger partial charge in [-0.1, -0.05) is 61.2 Å². The number of aliphatic imine (C=N–C) groups is 1. The second-order valence-corrected chi connectivity index (χ2v) is 10.8. The molecular formula is C30H28F4N6O2S. The van der Waals surface area contributed by atoms with Crippen molar-refractivity contribution in [1.82, 2.24) is 20.1 Å². The Hall–Kier alpha value is -4.39. The quantitative estimate of drug-likeness (QED) is 0.214. The molecule has 13 heteroatoms. The lowest BCUT2D eigenvalue weighted by Crippen LogP contribution is -2.35. The van der Waals surface area contributed by atoms with E-state index in [4.69, 9.17) is 0 Å². The first-order valence-corrected chi connectivity index (χ1v) is 14.5. The fourth-order valence-electron chi connectivity index (χ4n) is 4.60. The number of thioether (sulfide) groups is 1. The van der Waals surface area contributed by atoms with Gasteiger partial charge in [0.15, 0.2) is 11.0 Å². The Morgan fingerprint density at radius 1 is 1.09 bits per heavy atom. The first-order valence-electron chi connectivity index (χ1n) is 13.5. The van der Waals surface area contributed by atoms with E-state index in [1.165, 1.54) is 47.0 Å². The van der Waals surface area contributed by atoms with E-state index in [0.29, 0.717) is 27.8 Å². The summed E-state index contributed by atoms with van der Waals surface area (Å²) >= 11 is 1.49. The Labute approximate surface area is 249 Å². The summed E-state index contributed by atoms with van der Waals surface area (Å²) < 4.78 is 57.8. The maximum Gasteiger partial charge on any atom is 0.573 e. The number of rotatable bonds is 8. The van der Waals surface area contributed by atoms with Crippen molar-refractivity contribution in [3.8, 4) is 22.8 Å². The number of anilines is 1. The molecule has 4 aromatic rings. The molecule has 1 N–H and O–H groups in total. The molecule has 1 fully saturated rings. The zero-order chi connectivity index (χ0) is 30.6. The van der Waals surface area contributed by atoms with Gasteiger partial charge in [-0.15, -0.1) is 18.3 Å². The summed E-state index contributed by atoms with van der Waals surface area (Å²) in [6.45, 7) is 4.39. The van der Waals surface area contributed by atoms with Gasteiger partial charge in [0.05, 0.1) is 11.7 Å². The number of carbonyl (C=O) groups excluding carboxylic acids is 1. The Morgan fingerprint density at radius 2 is 1.81 bits per heavy atom. The molecule has 43 heavy (non-hydrogen) atoms. The van der Waals surface area contributed by atoms with Crippen LogP contribution in [0.3, 0.4) is 0 Å². The van der Waals surface area contributed by atoms with Crippen LogP contribution in [0.5, 0.6) is 5.75 Å². The van der Waals surface area contributed by atoms with Crippen LogP contribution in [0.25, 0.3) is 17.1 Å². The molecule has 2 unspecified atom stereocenters. The van der Waals surface area contributed by atoms with Gasteiger partial charge in [0.2, 0.25) is 0 Å². The normalized spacial score (nSPS) is 15.9. The summed E-state index contributed by atoms with van der Waals surface area (Å²) in [6.07, 6.45) is -3.99.